The van der Waals surface area contributed by atoms with E-state index in [1.54, 1.807) is 0 Å². The Balaban J connectivity index is 0.00000264. The molecule has 6 heteroatoms. The molecule has 4 nitrogen and oxygen atoms in total. The maximum absolute atomic E-state index is 4.34. The molecule has 1 aromatic rings. The first-order valence-corrected chi connectivity index (χ1v) is 9.03. The van der Waals surface area contributed by atoms with Gasteiger partial charge in [0.05, 0.1) is 6.04 Å². The first-order valence-electron chi connectivity index (χ1n) is 7.98. The molecule has 1 aromatic carbocycles. The highest BCUT2D eigenvalue weighted by atomic mass is 127. The Morgan fingerprint density at radius 3 is 2.61 bits per heavy atom. The van der Waals surface area contributed by atoms with Crippen molar-refractivity contribution in [2.45, 2.75) is 24.1 Å². The fraction of sp³-hybridized carbons (Fsp3) is 0.588. The lowest BCUT2D eigenvalue weighted by atomic mass is 10.1. The highest BCUT2D eigenvalue weighted by molar-refractivity contribution is 14.0. The number of likely N-dealkylation sites (N-methyl/N-ethyl adjacent to an activating group) is 1. The summed E-state index contributed by atoms with van der Waals surface area (Å²) < 4.78 is 0. The van der Waals surface area contributed by atoms with Gasteiger partial charge in [0.15, 0.2) is 5.96 Å². The lowest BCUT2D eigenvalue weighted by molar-refractivity contribution is 0.298. The van der Waals surface area contributed by atoms with Crippen molar-refractivity contribution in [1.29, 1.82) is 0 Å². The Morgan fingerprint density at radius 1 is 1.30 bits per heavy atom. The van der Waals surface area contributed by atoms with Crippen molar-refractivity contribution in [3.63, 3.8) is 0 Å². The summed E-state index contributed by atoms with van der Waals surface area (Å²) in [5.74, 6) is 2.20. The van der Waals surface area contributed by atoms with Crippen molar-refractivity contribution < 1.29 is 0 Å². The van der Waals surface area contributed by atoms with Crippen molar-refractivity contribution in [1.82, 2.24) is 15.5 Å². The van der Waals surface area contributed by atoms with E-state index in [2.05, 4.69) is 76.7 Å². The largest absolute Gasteiger partial charge is 0.355 e. The second-order valence-electron chi connectivity index (χ2n) is 5.86. The predicted octanol–water partition coefficient (Wildman–Crippen LogP) is 2.97. The van der Waals surface area contributed by atoms with Crippen LogP contribution in [0.1, 0.15) is 24.4 Å². The van der Waals surface area contributed by atoms with Crippen LogP contribution >= 0.6 is 35.7 Å². The summed E-state index contributed by atoms with van der Waals surface area (Å²) in [7, 11) is 6.07. The number of benzene rings is 1. The van der Waals surface area contributed by atoms with Crippen LogP contribution in [0.15, 0.2) is 35.3 Å². The summed E-state index contributed by atoms with van der Waals surface area (Å²) in [4.78, 5) is 6.58. The highest BCUT2D eigenvalue weighted by Crippen LogP contribution is 2.25. The minimum Gasteiger partial charge on any atom is -0.355 e. The Hall–Kier alpha value is -0.470. The molecule has 0 aliphatic carbocycles. The van der Waals surface area contributed by atoms with Gasteiger partial charge in [0, 0.05) is 25.4 Å². The van der Waals surface area contributed by atoms with Crippen LogP contribution in [-0.2, 0) is 0 Å². The second kappa shape index (κ2) is 11.1. The van der Waals surface area contributed by atoms with E-state index in [1.165, 1.54) is 24.2 Å². The Kier molecular flexibility index (Phi) is 9.97. The number of guanidine groups is 1. The third-order valence-corrected chi connectivity index (χ3v) is 5.41. The van der Waals surface area contributed by atoms with Gasteiger partial charge in [-0.15, -0.1) is 24.0 Å². The molecule has 0 amide bonds. The number of hydrogen-bond acceptors (Lipinski definition) is 3. The first kappa shape index (κ1) is 20.6. The zero-order valence-corrected chi connectivity index (χ0v) is 17.4. The van der Waals surface area contributed by atoms with Gasteiger partial charge < -0.3 is 15.5 Å². The molecule has 2 unspecified atom stereocenters. The van der Waals surface area contributed by atoms with E-state index in [9.17, 15) is 0 Å². The van der Waals surface area contributed by atoms with Gasteiger partial charge in [0.25, 0.3) is 0 Å². The average molecular weight is 448 g/mol. The quantitative estimate of drug-likeness (QED) is 0.399. The predicted molar refractivity (Wildman–Crippen MR) is 113 cm³/mol. The van der Waals surface area contributed by atoms with Crippen LogP contribution < -0.4 is 10.6 Å². The molecular formula is C17H29IN4S. The topological polar surface area (TPSA) is 39.7 Å². The molecule has 0 saturated carbocycles. The molecule has 0 bridgehead atoms. The maximum Gasteiger partial charge on any atom is 0.191 e. The number of thioether (sulfide) groups is 1. The number of aliphatic imine (C=N–C) groups is 1. The molecule has 2 atom stereocenters. The monoisotopic (exact) mass is 448 g/mol. The minimum atomic E-state index is 0. The zero-order chi connectivity index (χ0) is 15.8. The van der Waals surface area contributed by atoms with Crippen LogP contribution in [-0.4, -0.2) is 56.1 Å². The van der Waals surface area contributed by atoms with E-state index in [-0.39, 0.29) is 24.0 Å². The van der Waals surface area contributed by atoms with E-state index in [4.69, 9.17) is 0 Å². The van der Waals surface area contributed by atoms with E-state index < -0.39 is 0 Å². The van der Waals surface area contributed by atoms with Crippen molar-refractivity contribution in [2.75, 3.05) is 40.0 Å². The van der Waals surface area contributed by atoms with Gasteiger partial charge >= 0.3 is 0 Å². The SMILES string of the molecule is CN=C(NCC1CCCS1)NCC(c1ccccc1)N(C)C.I. The third kappa shape index (κ3) is 6.89. The zero-order valence-electron chi connectivity index (χ0n) is 14.3. The van der Waals surface area contributed by atoms with E-state index in [0.717, 1.165) is 24.3 Å². The molecule has 1 aliphatic heterocycles. The normalized spacial score (nSPS) is 19.3. The number of hydrogen-bond donors (Lipinski definition) is 2. The highest BCUT2D eigenvalue weighted by Gasteiger charge is 2.17. The van der Waals surface area contributed by atoms with Crippen molar-refractivity contribution in [3.05, 3.63) is 35.9 Å². The first-order chi connectivity index (χ1) is 10.7. The van der Waals surface area contributed by atoms with Gasteiger partial charge in [-0.05, 0) is 38.3 Å². The fourth-order valence-corrected chi connectivity index (χ4v) is 3.90. The summed E-state index contributed by atoms with van der Waals surface area (Å²) in [5, 5.41) is 7.65. The molecule has 0 spiro atoms. The lowest BCUT2D eigenvalue weighted by Crippen LogP contribution is -2.43. The fourth-order valence-electron chi connectivity index (χ4n) is 2.70. The van der Waals surface area contributed by atoms with Gasteiger partial charge in [-0.2, -0.15) is 11.8 Å². The van der Waals surface area contributed by atoms with Gasteiger partial charge in [0.1, 0.15) is 0 Å². The van der Waals surface area contributed by atoms with Crippen LogP contribution in [0.25, 0.3) is 0 Å². The molecule has 1 aliphatic rings. The Bertz CT molecular complexity index is 461. The van der Waals surface area contributed by atoms with Crippen LogP contribution in [0, 0.1) is 0 Å². The van der Waals surface area contributed by atoms with Crippen molar-refractivity contribution >= 4 is 41.7 Å². The second-order valence-corrected chi connectivity index (χ2v) is 7.27. The number of nitrogens with one attached hydrogen (secondary N) is 2. The molecule has 0 radical (unpaired) electrons. The van der Waals surface area contributed by atoms with Gasteiger partial charge in [-0.1, -0.05) is 30.3 Å². The molecule has 2 rings (SSSR count). The molecule has 2 N–H and O–H groups in total. The lowest BCUT2D eigenvalue weighted by Gasteiger charge is -2.26. The van der Waals surface area contributed by atoms with Crippen LogP contribution in [0.3, 0.4) is 0 Å². The smallest absolute Gasteiger partial charge is 0.191 e. The molecule has 130 valence electrons. The summed E-state index contributed by atoms with van der Waals surface area (Å²) >= 11 is 2.07. The van der Waals surface area contributed by atoms with Crippen LogP contribution in [0.5, 0.6) is 0 Å². The molecule has 1 saturated heterocycles. The average Bonchev–Trinajstić information content (AvgIpc) is 3.04. The summed E-state index contributed by atoms with van der Waals surface area (Å²) in [6.45, 7) is 1.84. The Labute approximate surface area is 161 Å². The molecule has 1 heterocycles. The standard InChI is InChI=1S/C17H28N4S.HI/c1-18-17(19-12-15-10-7-11-22-15)20-13-16(21(2)3)14-8-5-4-6-9-14;/h4-6,8-9,15-16H,7,10-13H2,1-3H3,(H2,18,19,20);1H. The van der Waals surface area contributed by atoms with Gasteiger partial charge in [0.2, 0.25) is 0 Å². The summed E-state index contributed by atoms with van der Waals surface area (Å²) in [5.41, 5.74) is 1.32. The molecule has 0 aromatic heterocycles. The van der Waals surface area contributed by atoms with E-state index in [0.29, 0.717) is 6.04 Å². The number of halogens is 1. The number of rotatable bonds is 6. The Morgan fingerprint density at radius 2 is 2.04 bits per heavy atom. The van der Waals surface area contributed by atoms with Crippen LogP contribution in [0.2, 0.25) is 0 Å². The van der Waals surface area contributed by atoms with Gasteiger partial charge in [-0.25, -0.2) is 0 Å². The summed E-state index contributed by atoms with van der Waals surface area (Å²) in [6, 6.07) is 10.9. The van der Waals surface area contributed by atoms with Gasteiger partial charge in [-0.3, -0.25) is 4.99 Å². The van der Waals surface area contributed by atoms with Crippen molar-refractivity contribution in [3.8, 4) is 0 Å². The molecular weight excluding hydrogens is 419 g/mol. The van der Waals surface area contributed by atoms with Crippen LogP contribution in [0.4, 0.5) is 0 Å². The molecule has 23 heavy (non-hydrogen) atoms. The van der Waals surface area contributed by atoms with Crippen molar-refractivity contribution in [2.24, 2.45) is 4.99 Å². The summed E-state index contributed by atoms with van der Waals surface area (Å²) in [6.07, 6.45) is 2.67. The maximum atomic E-state index is 4.34. The van der Waals surface area contributed by atoms with E-state index >= 15 is 0 Å². The molecule has 1 fully saturated rings. The number of nitrogens with zero attached hydrogens (tertiary/aromatic N) is 2. The third-order valence-electron chi connectivity index (χ3n) is 4.02. The van der Waals surface area contributed by atoms with E-state index in [1.807, 2.05) is 7.05 Å². The minimum absolute atomic E-state index is 0.